The molecule has 1 aromatic carbocycles. The van der Waals surface area contributed by atoms with Gasteiger partial charge in [0.2, 0.25) is 0 Å². The highest BCUT2D eigenvalue weighted by Gasteiger charge is 2.18. The molecule has 1 atom stereocenters. The summed E-state index contributed by atoms with van der Waals surface area (Å²) in [5.41, 5.74) is 1.93. The lowest BCUT2D eigenvalue weighted by molar-refractivity contribution is 0.600. The maximum absolute atomic E-state index is 11.7. The molecule has 0 aliphatic carbocycles. The standard InChI is InChI=1S/C13H15NO2S/c1-9(2)10(3)12-6-5-11(8-14)7-13(12)17(4,15)16/h5-7,10H,1H2,2-4H3. The van der Waals surface area contributed by atoms with Crippen molar-refractivity contribution in [2.24, 2.45) is 0 Å². The molecule has 1 aromatic rings. The minimum Gasteiger partial charge on any atom is -0.224 e. The van der Waals surface area contributed by atoms with Gasteiger partial charge in [0.25, 0.3) is 0 Å². The van der Waals surface area contributed by atoms with Crippen LogP contribution in [-0.2, 0) is 9.84 Å². The molecule has 1 rings (SSSR count). The number of hydrogen-bond acceptors (Lipinski definition) is 3. The SMILES string of the molecule is C=C(C)C(C)c1ccc(C#N)cc1S(C)(=O)=O. The van der Waals surface area contributed by atoms with Gasteiger partial charge in [-0.25, -0.2) is 8.42 Å². The number of hydrogen-bond donors (Lipinski definition) is 0. The van der Waals surface area contributed by atoms with Gasteiger partial charge in [-0.15, -0.1) is 0 Å². The average Bonchev–Trinajstić information content (AvgIpc) is 2.26. The second kappa shape index (κ2) is 4.72. The van der Waals surface area contributed by atoms with E-state index in [1.807, 2.05) is 19.9 Å². The van der Waals surface area contributed by atoms with E-state index in [1.54, 1.807) is 12.1 Å². The smallest absolute Gasteiger partial charge is 0.175 e. The van der Waals surface area contributed by atoms with Crippen LogP contribution in [0.3, 0.4) is 0 Å². The summed E-state index contributed by atoms with van der Waals surface area (Å²) < 4.78 is 23.4. The number of rotatable bonds is 3. The third-order valence-electron chi connectivity index (χ3n) is 2.75. The Kier molecular flexibility index (Phi) is 3.74. The van der Waals surface area contributed by atoms with Crippen molar-refractivity contribution in [1.82, 2.24) is 0 Å². The van der Waals surface area contributed by atoms with E-state index >= 15 is 0 Å². The topological polar surface area (TPSA) is 57.9 Å². The Morgan fingerprint density at radius 1 is 1.47 bits per heavy atom. The maximum Gasteiger partial charge on any atom is 0.175 e. The first kappa shape index (κ1) is 13.5. The van der Waals surface area contributed by atoms with E-state index in [1.165, 1.54) is 6.07 Å². The summed E-state index contributed by atoms with van der Waals surface area (Å²) in [7, 11) is -3.34. The second-order valence-electron chi connectivity index (χ2n) is 4.20. The zero-order valence-electron chi connectivity index (χ0n) is 10.2. The maximum atomic E-state index is 11.7. The van der Waals surface area contributed by atoms with Crippen molar-refractivity contribution in [2.45, 2.75) is 24.7 Å². The zero-order valence-corrected chi connectivity index (χ0v) is 11.0. The van der Waals surface area contributed by atoms with Crippen LogP contribution in [0.4, 0.5) is 0 Å². The Balaban J connectivity index is 3.53. The summed E-state index contributed by atoms with van der Waals surface area (Å²) in [5, 5.41) is 8.80. The van der Waals surface area contributed by atoms with Gasteiger partial charge in [0.05, 0.1) is 16.5 Å². The molecule has 0 saturated carbocycles. The summed E-state index contributed by atoms with van der Waals surface area (Å²) in [5.74, 6) is -0.0486. The molecule has 0 aromatic heterocycles. The Hall–Kier alpha value is -1.60. The van der Waals surface area contributed by atoms with Crippen molar-refractivity contribution >= 4 is 9.84 Å². The molecular formula is C13H15NO2S. The summed E-state index contributed by atoms with van der Waals surface area (Å²) in [6.07, 6.45) is 1.15. The summed E-state index contributed by atoms with van der Waals surface area (Å²) >= 11 is 0. The predicted molar refractivity (Wildman–Crippen MR) is 67.5 cm³/mol. The fourth-order valence-corrected chi connectivity index (χ4v) is 2.56. The van der Waals surface area contributed by atoms with Gasteiger partial charge in [0.15, 0.2) is 9.84 Å². The minimum atomic E-state index is -3.34. The van der Waals surface area contributed by atoms with Gasteiger partial charge >= 0.3 is 0 Å². The van der Waals surface area contributed by atoms with Crippen LogP contribution < -0.4 is 0 Å². The molecule has 0 bridgehead atoms. The lowest BCUT2D eigenvalue weighted by Crippen LogP contribution is -2.06. The van der Waals surface area contributed by atoms with Crippen LogP contribution in [0.15, 0.2) is 35.2 Å². The number of nitriles is 1. The molecule has 3 nitrogen and oxygen atoms in total. The van der Waals surface area contributed by atoms with Gasteiger partial charge in [0.1, 0.15) is 0 Å². The molecule has 0 amide bonds. The van der Waals surface area contributed by atoms with Crippen LogP contribution in [0.25, 0.3) is 0 Å². The summed E-state index contributed by atoms with van der Waals surface area (Å²) in [4.78, 5) is 0.215. The Bertz CT molecular complexity index is 594. The molecule has 90 valence electrons. The zero-order chi connectivity index (χ0) is 13.2. The molecule has 0 spiro atoms. The minimum absolute atomic E-state index is 0.0486. The molecular weight excluding hydrogens is 234 g/mol. The number of benzene rings is 1. The molecule has 0 saturated heterocycles. The molecule has 0 aliphatic rings. The monoisotopic (exact) mass is 249 g/mol. The van der Waals surface area contributed by atoms with E-state index in [4.69, 9.17) is 5.26 Å². The summed E-state index contributed by atoms with van der Waals surface area (Å²) in [6, 6.07) is 6.69. The van der Waals surface area contributed by atoms with Crippen LogP contribution in [-0.4, -0.2) is 14.7 Å². The predicted octanol–water partition coefficient (Wildman–Crippen LogP) is 2.64. The fourth-order valence-electron chi connectivity index (χ4n) is 1.55. The van der Waals surface area contributed by atoms with E-state index in [0.29, 0.717) is 11.1 Å². The van der Waals surface area contributed by atoms with Crippen LogP contribution in [0.1, 0.15) is 30.9 Å². The first-order valence-corrected chi connectivity index (χ1v) is 7.06. The highest BCUT2D eigenvalue weighted by molar-refractivity contribution is 7.90. The van der Waals surface area contributed by atoms with Gasteiger partial charge in [-0.3, -0.25) is 0 Å². The van der Waals surface area contributed by atoms with Gasteiger partial charge in [-0.05, 0) is 24.6 Å². The third kappa shape index (κ3) is 2.95. The van der Waals surface area contributed by atoms with E-state index in [9.17, 15) is 8.42 Å². The molecule has 17 heavy (non-hydrogen) atoms. The van der Waals surface area contributed by atoms with Crippen molar-refractivity contribution in [2.75, 3.05) is 6.26 Å². The molecule has 0 radical (unpaired) electrons. The Morgan fingerprint density at radius 3 is 2.47 bits per heavy atom. The normalized spacial score (nSPS) is 12.8. The van der Waals surface area contributed by atoms with E-state index in [2.05, 4.69) is 6.58 Å². The quantitative estimate of drug-likeness (QED) is 0.774. The van der Waals surface area contributed by atoms with Crippen LogP contribution in [0, 0.1) is 11.3 Å². The van der Waals surface area contributed by atoms with Gasteiger partial charge in [0, 0.05) is 12.2 Å². The van der Waals surface area contributed by atoms with E-state index < -0.39 is 9.84 Å². The van der Waals surface area contributed by atoms with Crippen LogP contribution >= 0.6 is 0 Å². The van der Waals surface area contributed by atoms with Crippen LogP contribution in [0.5, 0.6) is 0 Å². The van der Waals surface area contributed by atoms with Crippen molar-refractivity contribution in [1.29, 1.82) is 5.26 Å². The molecule has 4 heteroatoms. The average molecular weight is 249 g/mol. The van der Waals surface area contributed by atoms with Crippen molar-refractivity contribution < 1.29 is 8.42 Å². The van der Waals surface area contributed by atoms with Crippen molar-refractivity contribution in [3.05, 3.63) is 41.5 Å². The van der Waals surface area contributed by atoms with Crippen molar-refractivity contribution in [3.8, 4) is 6.07 Å². The van der Waals surface area contributed by atoms with Crippen LogP contribution in [0.2, 0.25) is 0 Å². The number of allylic oxidation sites excluding steroid dienone is 1. The number of nitrogens with zero attached hydrogens (tertiary/aromatic N) is 1. The van der Waals surface area contributed by atoms with Gasteiger partial charge in [-0.1, -0.05) is 25.1 Å². The van der Waals surface area contributed by atoms with Gasteiger partial charge in [-0.2, -0.15) is 5.26 Å². The Morgan fingerprint density at radius 2 is 2.06 bits per heavy atom. The number of sulfone groups is 1. The lowest BCUT2D eigenvalue weighted by atomic mass is 9.94. The van der Waals surface area contributed by atoms with E-state index in [0.717, 1.165) is 11.8 Å². The van der Waals surface area contributed by atoms with Gasteiger partial charge < -0.3 is 0 Å². The third-order valence-corrected chi connectivity index (χ3v) is 3.90. The Labute approximate surface area is 102 Å². The highest BCUT2D eigenvalue weighted by atomic mass is 32.2. The first-order valence-electron chi connectivity index (χ1n) is 5.17. The van der Waals surface area contributed by atoms with Crippen molar-refractivity contribution in [3.63, 3.8) is 0 Å². The lowest BCUT2D eigenvalue weighted by Gasteiger charge is -2.15. The molecule has 0 heterocycles. The second-order valence-corrected chi connectivity index (χ2v) is 6.19. The highest BCUT2D eigenvalue weighted by Crippen LogP contribution is 2.29. The molecule has 1 unspecified atom stereocenters. The molecule has 0 fully saturated rings. The largest absolute Gasteiger partial charge is 0.224 e. The van der Waals surface area contributed by atoms with E-state index in [-0.39, 0.29) is 10.8 Å². The summed E-state index contributed by atoms with van der Waals surface area (Å²) in [6.45, 7) is 7.59. The first-order chi connectivity index (χ1) is 7.77. The molecule has 0 aliphatic heterocycles. The molecule has 0 N–H and O–H groups in total. The fraction of sp³-hybridized carbons (Fsp3) is 0.308.